The number of ether oxygens (including phenoxy) is 1. The van der Waals surface area contributed by atoms with Crippen molar-refractivity contribution in [1.82, 2.24) is 9.55 Å². The largest absolute Gasteiger partial charge is 0.464 e. The monoisotopic (exact) mass is 362 g/mol. The molecule has 0 atom stereocenters. The number of aryl methyl sites for hydroxylation is 1. The first-order valence-corrected chi connectivity index (χ1v) is 9.36. The van der Waals surface area contributed by atoms with Crippen molar-refractivity contribution in [1.29, 1.82) is 0 Å². The number of aromatic nitrogens is 2. The summed E-state index contributed by atoms with van der Waals surface area (Å²) in [5.74, 6) is 0.0642. The molecule has 24 heavy (non-hydrogen) atoms. The van der Waals surface area contributed by atoms with E-state index in [9.17, 15) is 9.59 Å². The molecule has 0 radical (unpaired) electrons. The van der Waals surface area contributed by atoms with Gasteiger partial charge >= 0.3 is 5.97 Å². The summed E-state index contributed by atoms with van der Waals surface area (Å²) in [6.07, 6.45) is 0. The fraction of sp³-hybridized carbons (Fsp3) is 0.353. The van der Waals surface area contributed by atoms with Gasteiger partial charge in [0, 0.05) is 15.8 Å². The third-order valence-corrected chi connectivity index (χ3v) is 5.67. The molecule has 0 bridgehead atoms. The number of hydrogen-bond acceptors (Lipinski definition) is 6. The van der Waals surface area contributed by atoms with Crippen LogP contribution in [-0.2, 0) is 15.1 Å². The lowest BCUT2D eigenvalue weighted by Crippen LogP contribution is -2.45. The van der Waals surface area contributed by atoms with Crippen LogP contribution in [-0.4, -0.2) is 22.1 Å². The second-order valence-electron chi connectivity index (χ2n) is 5.89. The number of carbonyl (C=O) groups excluding carboxylic acids is 1. The predicted octanol–water partition coefficient (Wildman–Crippen LogP) is 3.79. The van der Waals surface area contributed by atoms with E-state index in [1.54, 1.807) is 39.0 Å². The van der Waals surface area contributed by atoms with Gasteiger partial charge in [0.05, 0.1) is 12.0 Å². The molecule has 0 unspecified atom stereocenters. The van der Waals surface area contributed by atoms with E-state index in [0.717, 1.165) is 10.4 Å². The van der Waals surface area contributed by atoms with Gasteiger partial charge in [0.15, 0.2) is 0 Å². The highest BCUT2D eigenvalue weighted by Crippen LogP contribution is 2.34. The molecular formula is C17H18N2O3S2. The molecule has 0 aliphatic rings. The van der Waals surface area contributed by atoms with Gasteiger partial charge in [0.1, 0.15) is 16.2 Å². The number of rotatable bonds is 4. The van der Waals surface area contributed by atoms with Crippen LogP contribution < -0.4 is 5.56 Å². The Labute approximate surface area is 147 Å². The Morgan fingerprint density at radius 1 is 1.38 bits per heavy atom. The maximum absolute atomic E-state index is 13.2. The van der Waals surface area contributed by atoms with E-state index in [-0.39, 0.29) is 12.2 Å². The highest BCUT2D eigenvalue weighted by atomic mass is 32.1. The number of esters is 1. The minimum absolute atomic E-state index is 0.208. The predicted molar refractivity (Wildman–Crippen MR) is 97.9 cm³/mol. The summed E-state index contributed by atoms with van der Waals surface area (Å²) in [4.78, 5) is 31.8. The van der Waals surface area contributed by atoms with Crippen LogP contribution in [0.3, 0.4) is 0 Å². The lowest BCUT2D eigenvalue weighted by Gasteiger charge is -2.26. The third-order valence-electron chi connectivity index (χ3n) is 3.90. The normalized spacial score (nSPS) is 11.8. The van der Waals surface area contributed by atoms with Gasteiger partial charge in [-0.1, -0.05) is 6.07 Å². The van der Waals surface area contributed by atoms with E-state index in [0.29, 0.717) is 16.0 Å². The zero-order chi connectivity index (χ0) is 17.5. The van der Waals surface area contributed by atoms with Gasteiger partial charge in [-0.15, -0.1) is 22.7 Å². The fourth-order valence-electron chi connectivity index (χ4n) is 2.76. The minimum Gasteiger partial charge on any atom is -0.464 e. The summed E-state index contributed by atoms with van der Waals surface area (Å²) in [6.45, 7) is 7.13. The summed E-state index contributed by atoms with van der Waals surface area (Å²) in [7, 11) is 0. The molecule has 0 N–H and O–H groups in total. The van der Waals surface area contributed by atoms with Crippen molar-refractivity contribution in [2.45, 2.75) is 33.2 Å². The van der Waals surface area contributed by atoms with Crippen LogP contribution in [0.1, 0.15) is 26.6 Å². The van der Waals surface area contributed by atoms with Gasteiger partial charge in [-0.05, 0) is 39.1 Å². The van der Waals surface area contributed by atoms with Crippen molar-refractivity contribution in [3.8, 4) is 10.4 Å². The van der Waals surface area contributed by atoms with Crippen LogP contribution in [0.4, 0.5) is 0 Å². The standard InChI is InChI=1S/C17H18N2O3S2/c1-5-22-16(21)17(3,4)19-10(2)18-14-13(15(19)20)11(9-24-14)12-7-6-8-23-12/h6-9H,5H2,1-4H3. The Bertz CT molecular complexity index is 952. The summed E-state index contributed by atoms with van der Waals surface area (Å²) in [5, 5.41) is 4.48. The first-order valence-electron chi connectivity index (χ1n) is 7.60. The van der Waals surface area contributed by atoms with E-state index in [1.165, 1.54) is 15.9 Å². The summed E-state index contributed by atoms with van der Waals surface area (Å²) < 4.78 is 6.59. The number of thiophene rings is 2. The molecule has 0 fully saturated rings. The Kier molecular flexibility index (Phi) is 4.31. The second-order valence-corrected chi connectivity index (χ2v) is 7.69. The first kappa shape index (κ1) is 16.9. The Balaban J connectivity index is 2.28. The maximum atomic E-state index is 13.2. The Morgan fingerprint density at radius 3 is 2.75 bits per heavy atom. The van der Waals surface area contributed by atoms with E-state index in [4.69, 9.17) is 4.74 Å². The van der Waals surface area contributed by atoms with Crippen molar-refractivity contribution in [3.63, 3.8) is 0 Å². The average molecular weight is 362 g/mol. The van der Waals surface area contributed by atoms with Gasteiger partial charge in [-0.3, -0.25) is 9.36 Å². The van der Waals surface area contributed by atoms with Crippen molar-refractivity contribution in [2.75, 3.05) is 6.61 Å². The molecule has 3 aromatic rings. The molecule has 3 aromatic heterocycles. The smallest absolute Gasteiger partial charge is 0.331 e. The van der Waals surface area contributed by atoms with Crippen LogP contribution in [0, 0.1) is 6.92 Å². The molecule has 5 nitrogen and oxygen atoms in total. The molecule has 3 heterocycles. The molecule has 0 saturated heterocycles. The maximum Gasteiger partial charge on any atom is 0.331 e. The van der Waals surface area contributed by atoms with Crippen molar-refractivity contribution in [2.24, 2.45) is 0 Å². The van der Waals surface area contributed by atoms with E-state index < -0.39 is 11.5 Å². The summed E-state index contributed by atoms with van der Waals surface area (Å²) in [6, 6.07) is 3.93. The highest BCUT2D eigenvalue weighted by Gasteiger charge is 2.35. The van der Waals surface area contributed by atoms with Gasteiger partial charge in [-0.25, -0.2) is 9.78 Å². The molecule has 0 saturated carbocycles. The fourth-order valence-corrected chi connectivity index (χ4v) is 4.56. The molecule has 126 valence electrons. The molecule has 7 heteroatoms. The van der Waals surface area contributed by atoms with Gasteiger partial charge < -0.3 is 4.74 Å². The molecule has 0 aromatic carbocycles. The quantitative estimate of drug-likeness (QED) is 0.663. The van der Waals surface area contributed by atoms with Crippen LogP contribution in [0.25, 0.3) is 20.7 Å². The SMILES string of the molecule is CCOC(=O)C(C)(C)n1c(C)nc2scc(-c3cccs3)c2c1=O. The first-order chi connectivity index (χ1) is 11.4. The molecule has 0 spiro atoms. The van der Waals surface area contributed by atoms with Crippen LogP contribution >= 0.6 is 22.7 Å². The van der Waals surface area contributed by atoms with Crippen LogP contribution in [0.5, 0.6) is 0 Å². The minimum atomic E-state index is -1.12. The summed E-state index contributed by atoms with van der Waals surface area (Å²) in [5.41, 5.74) is -0.455. The van der Waals surface area contributed by atoms with Gasteiger partial charge in [0.2, 0.25) is 0 Å². The molecular weight excluding hydrogens is 344 g/mol. The zero-order valence-corrected chi connectivity index (χ0v) is 15.6. The lowest BCUT2D eigenvalue weighted by molar-refractivity contribution is -0.152. The molecule has 3 rings (SSSR count). The van der Waals surface area contributed by atoms with Crippen molar-refractivity contribution in [3.05, 3.63) is 39.1 Å². The molecule has 0 aliphatic heterocycles. The second kappa shape index (κ2) is 6.14. The number of carbonyl (C=O) groups is 1. The van der Waals surface area contributed by atoms with Crippen LogP contribution in [0.2, 0.25) is 0 Å². The van der Waals surface area contributed by atoms with Gasteiger partial charge in [0.25, 0.3) is 5.56 Å². The lowest BCUT2D eigenvalue weighted by atomic mass is 10.0. The van der Waals surface area contributed by atoms with E-state index in [2.05, 4.69) is 4.98 Å². The highest BCUT2D eigenvalue weighted by molar-refractivity contribution is 7.18. The van der Waals surface area contributed by atoms with E-state index >= 15 is 0 Å². The zero-order valence-electron chi connectivity index (χ0n) is 14.0. The molecule has 0 amide bonds. The van der Waals surface area contributed by atoms with Crippen molar-refractivity contribution >= 4 is 38.9 Å². The number of hydrogen-bond donors (Lipinski definition) is 0. The third kappa shape index (κ3) is 2.57. The Hall–Kier alpha value is -1.99. The summed E-state index contributed by atoms with van der Waals surface area (Å²) >= 11 is 3.02. The number of nitrogens with zero attached hydrogens (tertiary/aromatic N) is 2. The average Bonchev–Trinajstić information content (AvgIpc) is 3.15. The number of fused-ring (bicyclic) bond motifs is 1. The van der Waals surface area contributed by atoms with Crippen molar-refractivity contribution < 1.29 is 9.53 Å². The van der Waals surface area contributed by atoms with Crippen LogP contribution in [0.15, 0.2) is 27.7 Å². The molecule has 0 aliphatic carbocycles. The van der Waals surface area contributed by atoms with E-state index in [1.807, 2.05) is 22.9 Å². The topological polar surface area (TPSA) is 61.2 Å². The Morgan fingerprint density at radius 2 is 2.12 bits per heavy atom. The van der Waals surface area contributed by atoms with Gasteiger partial charge in [-0.2, -0.15) is 0 Å².